The van der Waals surface area contributed by atoms with Gasteiger partial charge in [-0.3, -0.25) is 9.48 Å². The van der Waals surface area contributed by atoms with E-state index in [9.17, 15) is 4.79 Å². The molecule has 1 amide bonds. The van der Waals surface area contributed by atoms with Gasteiger partial charge < -0.3 is 5.32 Å². The molecule has 0 atom stereocenters. The van der Waals surface area contributed by atoms with Gasteiger partial charge in [-0.15, -0.1) is 5.10 Å². The Labute approximate surface area is 83.5 Å². The summed E-state index contributed by atoms with van der Waals surface area (Å²) in [6, 6.07) is 0.198. The van der Waals surface area contributed by atoms with Crippen molar-refractivity contribution in [3.8, 4) is 0 Å². The molecule has 0 bridgehead atoms. The Morgan fingerprint density at radius 3 is 2.86 bits per heavy atom. The Kier molecular flexibility index (Phi) is 3.62. The highest BCUT2D eigenvalue weighted by Gasteiger charge is 2.05. The molecule has 78 valence electrons. The molecule has 1 aromatic heterocycles. The van der Waals surface area contributed by atoms with Gasteiger partial charge in [0.25, 0.3) is 0 Å². The van der Waals surface area contributed by atoms with Crippen LogP contribution in [0.1, 0.15) is 26.0 Å². The molecule has 0 saturated carbocycles. The fourth-order valence-corrected chi connectivity index (χ4v) is 1.15. The van der Waals surface area contributed by atoms with Crippen LogP contribution in [0.4, 0.5) is 0 Å². The summed E-state index contributed by atoms with van der Waals surface area (Å²) in [6.07, 6.45) is 2.94. The number of carbonyl (C=O) groups is 1. The number of nitrogens with zero attached hydrogens (tertiary/aromatic N) is 3. The van der Waals surface area contributed by atoms with Crippen LogP contribution in [-0.2, 0) is 18.3 Å². The van der Waals surface area contributed by atoms with E-state index in [1.807, 2.05) is 27.1 Å². The quantitative estimate of drug-likeness (QED) is 0.752. The second kappa shape index (κ2) is 4.74. The number of rotatable bonds is 4. The van der Waals surface area contributed by atoms with Gasteiger partial charge in [-0.05, 0) is 13.8 Å². The number of aryl methyl sites for hydroxylation is 2. The lowest BCUT2D eigenvalue weighted by Crippen LogP contribution is -2.30. The maximum absolute atomic E-state index is 11.3. The maximum Gasteiger partial charge on any atom is 0.220 e. The Balaban J connectivity index is 2.30. The van der Waals surface area contributed by atoms with Crippen molar-refractivity contribution in [2.75, 3.05) is 0 Å². The number of amides is 1. The smallest absolute Gasteiger partial charge is 0.220 e. The molecule has 5 nitrogen and oxygen atoms in total. The molecule has 0 unspecified atom stereocenters. The van der Waals surface area contributed by atoms with Crippen LogP contribution in [0.25, 0.3) is 0 Å². The summed E-state index contributed by atoms with van der Waals surface area (Å²) in [5, 5.41) is 10.5. The topological polar surface area (TPSA) is 59.8 Å². The lowest BCUT2D eigenvalue weighted by Gasteiger charge is -2.06. The maximum atomic E-state index is 11.3. The molecule has 14 heavy (non-hydrogen) atoms. The molecular formula is C9H16N4O. The van der Waals surface area contributed by atoms with Crippen molar-refractivity contribution in [2.24, 2.45) is 7.05 Å². The minimum atomic E-state index is 0.0608. The summed E-state index contributed by atoms with van der Waals surface area (Å²) in [5.74, 6) is 0.0608. The predicted octanol–water partition coefficient (Wildman–Crippen LogP) is 0.272. The number of carbonyl (C=O) groups excluding carboxylic acids is 1. The van der Waals surface area contributed by atoms with Gasteiger partial charge in [-0.2, -0.15) is 0 Å². The van der Waals surface area contributed by atoms with Gasteiger partial charge in [0, 0.05) is 32.1 Å². The van der Waals surface area contributed by atoms with E-state index in [0.29, 0.717) is 12.8 Å². The predicted molar refractivity (Wildman–Crippen MR) is 52.6 cm³/mol. The first-order valence-electron chi connectivity index (χ1n) is 4.72. The first-order chi connectivity index (χ1) is 6.58. The highest BCUT2D eigenvalue weighted by atomic mass is 16.1. The third-order valence-corrected chi connectivity index (χ3v) is 1.71. The van der Waals surface area contributed by atoms with Crippen molar-refractivity contribution in [1.82, 2.24) is 20.3 Å². The minimum absolute atomic E-state index is 0.0608. The Hall–Kier alpha value is -1.39. The highest BCUT2D eigenvalue weighted by Crippen LogP contribution is 1.97. The number of hydrogen-bond donors (Lipinski definition) is 1. The lowest BCUT2D eigenvalue weighted by molar-refractivity contribution is -0.121. The molecule has 0 aliphatic heterocycles. The lowest BCUT2D eigenvalue weighted by atomic mass is 10.2. The van der Waals surface area contributed by atoms with Crippen LogP contribution in [-0.4, -0.2) is 26.9 Å². The minimum Gasteiger partial charge on any atom is -0.354 e. The molecule has 1 N–H and O–H groups in total. The van der Waals surface area contributed by atoms with E-state index in [2.05, 4.69) is 15.6 Å². The van der Waals surface area contributed by atoms with Crippen molar-refractivity contribution in [2.45, 2.75) is 32.7 Å². The second-order valence-electron chi connectivity index (χ2n) is 3.61. The largest absolute Gasteiger partial charge is 0.354 e. The van der Waals surface area contributed by atoms with Gasteiger partial charge in [0.2, 0.25) is 5.91 Å². The molecule has 1 heterocycles. The first kappa shape index (κ1) is 10.7. The van der Waals surface area contributed by atoms with Gasteiger partial charge in [-0.1, -0.05) is 5.21 Å². The average molecular weight is 196 g/mol. The summed E-state index contributed by atoms with van der Waals surface area (Å²) >= 11 is 0. The van der Waals surface area contributed by atoms with Crippen molar-refractivity contribution in [3.63, 3.8) is 0 Å². The number of nitrogens with one attached hydrogen (secondary N) is 1. The normalized spacial score (nSPS) is 10.6. The van der Waals surface area contributed by atoms with Crippen LogP contribution in [0.3, 0.4) is 0 Å². The molecule has 0 aliphatic rings. The summed E-state index contributed by atoms with van der Waals surface area (Å²) in [4.78, 5) is 11.3. The third kappa shape index (κ3) is 3.55. The van der Waals surface area contributed by atoms with Gasteiger partial charge in [-0.25, -0.2) is 0 Å². The summed E-state index contributed by atoms with van der Waals surface area (Å²) in [6.45, 7) is 3.89. The fraction of sp³-hybridized carbons (Fsp3) is 0.667. The van der Waals surface area contributed by atoms with E-state index < -0.39 is 0 Å². The van der Waals surface area contributed by atoms with Crippen LogP contribution in [0, 0.1) is 0 Å². The first-order valence-corrected chi connectivity index (χ1v) is 4.72. The van der Waals surface area contributed by atoms with Crippen LogP contribution in [0.5, 0.6) is 0 Å². The van der Waals surface area contributed by atoms with Gasteiger partial charge in [0.05, 0.1) is 5.69 Å². The molecule has 0 spiro atoms. The molecule has 0 aromatic carbocycles. The van der Waals surface area contributed by atoms with Gasteiger partial charge in [0.15, 0.2) is 0 Å². The third-order valence-electron chi connectivity index (χ3n) is 1.71. The molecule has 1 rings (SSSR count). The van der Waals surface area contributed by atoms with E-state index >= 15 is 0 Å². The second-order valence-corrected chi connectivity index (χ2v) is 3.61. The van der Waals surface area contributed by atoms with Crippen molar-refractivity contribution >= 4 is 5.91 Å². The van der Waals surface area contributed by atoms with Crippen LogP contribution in [0.15, 0.2) is 6.20 Å². The number of hydrogen-bond acceptors (Lipinski definition) is 3. The zero-order chi connectivity index (χ0) is 10.6. The van der Waals surface area contributed by atoms with E-state index in [4.69, 9.17) is 0 Å². The summed E-state index contributed by atoms with van der Waals surface area (Å²) in [7, 11) is 1.81. The Morgan fingerprint density at radius 2 is 2.36 bits per heavy atom. The monoisotopic (exact) mass is 196 g/mol. The summed E-state index contributed by atoms with van der Waals surface area (Å²) < 4.78 is 1.63. The van der Waals surface area contributed by atoms with E-state index in [1.165, 1.54) is 0 Å². The zero-order valence-electron chi connectivity index (χ0n) is 8.82. The zero-order valence-corrected chi connectivity index (χ0v) is 8.82. The summed E-state index contributed by atoms with van der Waals surface area (Å²) in [5.41, 5.74) is 0.853. The van der Waals surface area contributed by atoms with Crippen molar-refractivity contribution < 1.29 is 4.79 Å². The molecule has 0 radical (unpaired) electrons. The van der Waals surface area contributed by atoms with Crippen LogP contribution >= 0.6 is 0 Å². The molecule has 0 fully saturated rings. The Morgan fingerprint density at radius 1 is 1.64 bits per heavy atom. The van der Waals surface area contributed by atoms with Crippen molar-refractivity contribution in [3.05, 3.63) is 11.9 Å². The molecule has 0 aliphatic carbocycles. The van der Waals surface area contributed by atoms with Gasteiger partial charge >= 0.3 is 0 Å². The van der Waals surface area contributed by atoms with E-state index in [0.717, 1.165) is 5.69 Å². The molecule has 0 saturated heterocycles. The molecule has 5 heteroatoms. The Bertz CT molecular complexity index is 306. The van der Waals surface area contributed by atoms with Crippen LogP contribution in [0.2, 0.25) is 0 Å². The van der Waals surface area contributed by atoms with E-state index in [1.54, 1.807) is 4.68 Å². The average Bonchev–Trinajstić information content (AvgIpc) is 2.47. The number of aromatic nitrogens is 3. The van der Waals surface area contributed by atoms with Crippen LogP contribution < -0.4 is 5.32 Å². The SMILES string of the molecule is CC(C)NC(=O)CCc1cn(C)nn1. The fourth-order valence-electron chi connectivity index (χ4n) is 1.15. The standard InChI is InChI=1S/C9H16N4O/c1-7(2)10-9(14)5-4-8-6-13(3)12-11-8/h6-7H,4-5H2,1-3H3,(H,10,14). The highest BCUT2D eigenvalue weighted by molar-refractivity contribution is 5.76. The van der Waals surface area contributed by atoms with Gasteiger partial charge in [0.1, 0.15) is 0 Å². The molecular weight excluding hydrogens is 180 g/mol. The van der Waals surface area contributed by atoms with Crippen molar-refractivity contribution in [1.29, 1.82) is 0 Å². The molecule has 1 aromatic rings. The van der Waals surface area contributed by atoms with E-state index in [-0.39, 0.29) is 11.9 Å².